The summed E-state index contributed by atoms with van der Waals surface area (Å²) in [6.07, 6.45) is 0. The van der Waals surface area contributed by atoms with E-state index in [0.717, 1.165) is 22.3 Å². The average Bonchev–Trinajstić information content (AvgIpc) is 3.38. The molecule has 0 atom stereocenters. The minimum atomic E-state index is -0.392. The molecule has 0 N–H and O–H groups in total. The molecular weight excluding hydrogens is 468 g/mol. The Hall–Kier alpha value is -4.12. The monoisotopic (exact) mass is 490 g/mol. The number of hydrogen-bond acceptors (Lipinski definition) is 8. The van der Waals surface area contributed by atoms with Crippen LogP contribution in [-0.4, -0.2) is 41.9 Å². The van der Waals surface area contributed by atoms with Crippen molar-refractivity contribution in [3.05, 3.63) is 86.6 Å². The first-order valence-corrected chi connectivity index (χ1v) is 11.9. The number of aromatic nitrogens is 6. The van der Waals surface area contributed by atoms with Crippen molar-refractivity contribution in [3.8, 4) is 17.1 Å². The summed E-state index contributed by atoms with van der Waals surface area (Å²) in [4.78, 5) is 24.9. The van der Waals surface area contributed by atoms with Crippen LogP contribution in [-0.2, 0) is 7.05 Å². The number of aryl methyl sites for hydroxylation is 1. The van der Waals surface area contributed by atoms with E-state index in [0.29, 0.717) is 34.5 Å². The molecule has 10 nitrogen and oxygen atoms in total. The number of hydrogen-bond donors (Lipinski definition) is 0. The minimum Gasteiger partial charge on any atom is -0.493 e. The molecule has 0 saturated heterocycles. The Morgan fingerprint density at radius 1 is 1.06 bits per heavy atom. The van der Waals surface area contributed by atoms with Crippen LogP contribution in [0.15, 0.2) is 73.8 Å². The fourth-order valence-electron chi connectivity index (χ4n) is 3.89. The van der Waals surface area contributed by atoms with Gasteiger partial charge in [0.1, 0.15) is 11.3 Å². The summed E-state index contributed by atoms with van der Waals surface area (Å²) in [6, 6.07) is 16.3. The van der Waals surface area contributed by atoms with E-state index in [4.69, 9.17) is 9.15 Å². The molecule has 5 rings (SSSR count). The Balaban J connectivity index is 1.32. The van der Waals surface area contributed by atoms with Crippen LogP contribution < -0.4 is 15.9 Å². The maximum atomic E-state index is 13.3. The SMILES string of the molecule is Cc1cc(=O)oc2cc(OCCSc3nnnn3-c3c(C)n(C)n(-c4ccccc4)c3=O)ccc12. The molecule has 0 radical (unpaired) electrons. The smallest absolute Gasteiger partial charge is 0.336 e. The molecule has 0 unspecified atom stereocenters. The molecule has 3 aromatic heterocycles. The van der Waals surface area contributed by atoms with Gasteiger partial charge in [-0.3, -0.25) is 9.48 Å². The largest absolute Gasteiger partial charge is 0.493 e. The maximum absolute atomic E-state index is 13.3. The molecule has 5 aromatic rings. The number of para-hydroxylation sites is 1. The first-order chi connectivity index (χ1) is 16.9. The van der Waals surface area contributed by atoms with Crippen LogP contribution in [0.3, 0.4) is 0 Å². The highest BCUT2D eigenvalue weighted by atomic mass is 32.2. The van der Waals surface area contributed by atoms with Gasteiger partial charge in [-0.1, -0.05) is 30.0 Å². The van der Waals surface area contributed by atoms with Gasteiger partial charge < -0.3 is 9.15 Å². The summed E-state index contributed by atoms with van der Waals surface area (Å²) in [7, 11) is 1.82. The lowest BCUT2D eigenvalue weighted by atomic mass is 10.1. The molecule has 35 heavy (non-hydrogen) atoms. The van der Waals surface area contributed by atoms with Gasteiger partial charge in [-0.15, -0.1) is 5.10 Å². The molecule has 178 valence electrons. The summed E-state index contributed by atoms with van der Waals surface area (Å²) in [6.45, 7) is 4.08. The Morgan fingerprint density at radius 3 is 2.66 bits per heavy atom. The van der Waals surface area contributed by atoms with E-state index in [1.165, 1.54) is 22.5 Å². The number of nitrogens with zero attached hydrogens (tertiary/aromatic N) is 6. The van der Waals surface area contributed by atoms with Crippen molar-refractivity contribution in [2.24, 2.45) is 7.05 Å². The Labute approximate surface area is 203 Å². The van der Waals surface area contributed by atoms with Gasteiger partial charge in [0.2, 0.25) is 5.16 Å². The van der Waals surface area contributed by atoms with E-state index in [-0.39, 0.29) is 5.56 Å². The van der Waals surface area contributed by atoms with Crippen LogP contribution in [0, 0.1) is 13.8 Å². The molecule has 0 amide bonds. The third-order valence-corrected chi connectivity index (χ3v) is 6.57. The van der Waals surface area contributed by atoms with Crippen molar-refractivity contribution in [2.45, 2.75) is 19.0 Å². The van der Waals surface area contributed by atoms with E-state index in [9.17, 15) is 9.59 Å². The third kappa shape index (κ3) is 4.26. The van der Waals surface area contributed by atoms with Crippen molar-refractivity contribution in [2.75, 3.05) is 12.4 Å². The van der Waals surface area contributed by atoms with E-state index in [1.54, 1.807) is 15.4 Å². The molecule has 0 aliphatic heterocycles. The van der Waals surface area contributed by atoms with E-state index in [2.05, 4.69) is 15.5 Å². The lowest BCUT2D eigenvalue weighted by Gasteiger charge is -2.07. The number of rotatable bonds is 7. The van der Waals surface area contributed by atoms with E-state index in [1.807, 2.05) is 63.4 Å². The molecule has 0 saturated carbocycles. The standard InChI is InChI=1S/C24H22N6O4S/c1-15-13-21(31)34-20-14-18(9-10-19(15)20)33-11-12-35-24-25-26-27-29(24)22-16(2)28(3)30(23(22)32)17-7-5-4-6-8-17/h4-10,13-14H,11-12H2,1-3H3. The molecule has 11 heteroatoms. The summed E-state index contributed by atoms with van der Waals surface area (Å²) in [5.74, 6) is 1.13. The molecule has 0 aliphatic rings. The van der Waals surface area contributed by atoms with Gasteiger partial charge in [0, 0.05) is 30.3 Å². The number of fused-ring (bicyclic) bond motifs is 1. The lowest BCUT2D eigenvalue weighted by Crippen LogP contribution is -2.22. The number of ether oxygens (including phenoxy) is 1. The van der Waals surface area contributed by atoms with Crippen molar-refractivity contribution in [3.63, 3.8) is 0 Å². The van der Waals surface area contributed by atoms with E-state index < -0.39 is 5.63 Å². The van der Waals surface area contributed by atoms with Crippen LogP contribution in [0.25, 0.3) is 22.3 Å². The zero-order valence-corrected chi connectivity index (χ0v) is 20.2. The second-order valence-electron chi connectivity index (χ2n) is 7.89. The predicted molar refractivity (Wildman–Crippen MR) is 132 cm³/mol. The normalized spacial score (nSPS) is 11.3. The molecular formula is C24H22N6O4S. The zero-order valence-electron chi connectivity index (χ0n) is 19.3. The minimum absolute atomic E-state index is 0.213. The second kappa shape index (κ2) is 9.26. The van der Waals surface area contributed by atoms with Gasteiger partial charge in [0.15, 0.2) is 5.69 Å². The van der Waals surface area contributed by atoms with Crippen LogP contribution >= 0.6 is 11.8 Å². The molecule has 0 aliphatic carbocycles. The summed E-state index contributed by atoms with van der Waals surface area (Å²) in [5.41, 5.74) is 2.62. The summed E-state index contributed by atoms with van der Waals surface area (Å²) < 4.78 is 15.9. The molecule has 0 spiro atoms. The first-order valence-electron chi connectivity index (χ1n) is 10.9. The topological polar surface area (TPSA) is 110 Å². The number of tetrazole rings is 1. The van der Waals surface area contributed by atoms with Crippen molar-refractivity contribution >= 4 is 22.7 Å². The molecule has 0 fully saturated rings. The van der Waals surface area contributed by atoms with Gasteiger partial charge in [-0.2, -0.15) is 4.68 Å². The third-order valence-electron chi connectivity index (χ3n) is 5.68. The number of benzene rings is 2. The highest BCUT2D eigenvalue weighted by Gasteiger charge is 2.21. The molecule has 3 heterocycles. The van der Waals surface area contributed by atoms with Gasteiger partial charge in [0.25, 0.3) is 5.56 Å². The molecule has 0 bridgehead atoms. The first kappa shape index (κ1) is 22.7. The summed E-state index contributed by atoms with van der Waals surface area (Å²) in [5, 5.41) is 13.3. The Kier molecular flexibility index (Phi) is 6.00. The predicted octanol–water partition coefficient (Wildman–Crippen LogP) is 3.05. The Bertz CT molecular complexity index is 1630. The van der Waals surface area contributed by atoms with Crippen LogP contribution in [0.1, 0.15) is 11.3 Å². The lowest BCUT2D eigenvalue weighted by molar-refractivity contribution is 0.343. The number of thioether (sulfide) groups is 1. The highest BCUT2D eigenvalue weighted by molar-refractivity contribution is 7.99. The van der Waals surface area contributed by atoms with Crippen molar-refractivity contribution in [1.29, 1.82) is 0 Å². The van der Waals surface area contributed by atoms with Gasteiger partial charge in [-0.05, 0) is 54.1 Å². The quantitative estimate of drug-likeness (QED) is 0.195. The van der Waals surface area contributed by atoms with Gasteiger partial charge in [-0.25, -0.2) is 9.48 Å². The van der Waals surface area contributed by atoms with E-state index >= 15 is 0 Å². The van der Waals surface area contributed by atoms with Crippen molar-refractivity contribution < 1.29 is 9.15 Å². The Morgan fingerprint density at radius 2 is 1.86 bits per heavy atom. The fraction of sp³-hybridized carbons (Fsp3) is 0.208. The molecule has 2 aromatic carbocycles. The van der Waals surface area contributed by atoms with Gasteiger partial charge in [0.05, 0.1) is 18.0 Å². The average molecular weight is 491 g/mol. The summed E-state index contributed by atoms with van der Waals surface area (Å²) >= 11 is 1.38. The van der Waals surface area contributed by atoms with Crippen LogP contribution in [0.5, 0.6) is 5.75 Å². The van der Waals surface area contributed by atoms with Crippen LogP contribution in [0.4, 0.5) is 0 Å². The zero-order chi connectivity index (χ0) is 24.5. The van der Waals surface area contributed by atoms with Gasteiger partial charge >= 0.3 is 5.63 Å². The highest BCUT2D eigenvalue weighted by Crippen LogP contribution is 2.23. The second-order valence-corrected chi connectivity index (χ2v) is 8.95. The fourth-order valence-corrected chi connectivity index (χ4v) is 4.59. The van der Waals surface area contributed by atoms with Crippen LogP contribution in [0.2, 0.25) is 0 Å². The maximum Gasteiger partial charge on any atom is 0.336 e. The van der Waals surface area contributed by atoms with Crippen molar-refractivity contribution in [1.82, 2.24) is 29.6 Å².